The average molecular weight is 363 g/mol. The molecule has 1 atom stereocenters. The van der Waals surface area contributed by atoms with Crippen molar-refractivity contribution in [3.05, 3.63) is 112 Å². The number of hydrogen-bond acceptors (Lipinski definition) is 3. The highest BCUT2D eigenvalue weighted by atomic mass is 16.2. The highest BCUT2D eigenvalue weighted by Crippen LogP contribution is 2.55. The third-order valence-electron chi connectivity index (χ3n) is 5.97. The highest BCUT2D eigenvalue weighted by molar-refractivity contribution is 6.43. The predicted octanol–water partition coefficient (Wildman–Crippen LogP) is 3.52. The van der Waals surface area contributed by atoms with Crippen LogP contribution in [0.4, 0.5) is 0 Å². The van der Waals surface area contributed by atoms with Gasteiger partial charge in [0.25, 0.3) is 5.91 Å². The van der Waals surface area contributed by atoms with Gasteiger partial charge >= 0.3 is 0 Å². The smallest absolute Gasteiger partial charge is 0.252 e. The van der Waals surface area contributed by atoms with Gasteiger partial charge in [0.15, 0.2) is 11.6 Å². The Morgan fingerprint density at radius 1 is 0.571 bits per heavy atom. The molecule has 0 saturated carbocycles. The van der Waals surface area contributed by atoms with Crippen LogP contribution in [0.5, 0.6) is 0 Å². The molecule has 1 spiro atoms. The van der Waals surface area contributed by atoms with Gasteiger partial charge in [-0.1, -0.05) is 66.7 Å². The molecule has 0 saturated heterocycles. The number of hydrogen-bond donors (Lipinski definition) is 1. The number of amides is 1. The highest BCUT2D eigenvalue weighted by Gasteiger charge is 2.57. The maximum atomic E-state index is 13.6. The molecule has 4 nitrogen and oxygen atoms in total. The Hall–Kier alpha value is -3.79. The van der Waals surface area contributed by atoms with Crippen molar-refractivity contribution in [2.45, 2.75) is 5.54 Å². The number of benzene rings is 3. The standard InChI is InChI=1S/C24H13NO3/c26-21-13-7-1-2-8-14(13)22(27)20-19(21)15-9-3-5-11-17(15)24(20)18-12-6-4-10-16(18)23(28)25-24/h1-12H,(H,25,28). The number of rotatable bonds is 0. The molecule has 0 radical (unpaired) electrons. The zero-order valence-corrected chi connectivity index (χ0v) is 14.7. The fraction of sp³-hybridized carbons (Fsp3) is 0.0417. The molecular weight excluding hydrogens is 350 g/mol. The summed E-state index contributed by atoms with van der Waals surface area (Å²) >= 11 is 0. The van der Waals surface area contributed by atoms with Gasteiger partial charge in [0.1, 0.15) is 5.54 Å². The molecule has 1 N–H and O–H groups in total. The minimum atomic E-state index is -1.13. The molecule has 3 aromatic carbocycles. The van der Waals surface area contributed by atoms with Gasteiger partial charge in [0.05, 0.1) is 0 Å². The summed E-state index contributed by atoms with van der Waals surface area (Å²) < 4.78 is 0. The van der Waals surface area contributed by atoms with E-state index in [9.17, 15) is 14.4 Å². The molecular formula is C24H13NO3. The second-order valence-corrected chi connectivity index (χ2v) is 7.25. The lowest BCUT2D eigenvalue weighted by Crippen LogP contribution is -2.44. The molecule has 2 aliphatic carbocycles. The van der Waals surface area contributed by atoms with Crippen molar-refractivity contribution in [3.8, 4) is 0 Å². The molecule has 0 bridgehead atoms. The zero-order valence-electron chi connectivity index (χ0n) is 14.7. The summed E-state index contributed by atoms with van der Waals surface area (Å²) in [5.74, 6) is -0.621. The van der Waals surface area contributed by atoms with Gasteiger partial charge < -0.3 is 5.32 Å². The molecule has 28 heavy (non-hydrogen) atoms. The second-order valence-electron chi connectivity index (χ2n) is 7.25. The first-order valence-corrected chi connectivity index (χ1v) is 9.09. The van der Waals surface area contributed by atoms with Crippen molar-refractivity contribution >= 4 is 23.0 Å². The van der Waals surface area contributed by atoms with E-state index in [0.717, 1.165) is 11.1 Å². The van der Waals surface area contributed by atoms with E-state index in [1.54, 1.807) is 36.4 Å². The molecule has 1 aliphatic heterocycles. The first-order valence-electron chi connectivity index (χ1n) is 9.09. The van der Waals surface area contributed by atoms with E-state index in [-0.39, 0.29) is 17.5 Å². The summed E-state index contributed by atoms with van der Waals surface area (Å²) in [7, 11) is 0. The van der Waals surface area contributed by atoms with Gasteiger partial charge in [-0.3, -0.25) is 14.4 Å². The van der Waals surface area contributed by atoms with Crippen molar-refractivity contribution in [1.29, 1.82) is 0 Å². The lowest BCUT2D eigenvalue weighted by Gasteiger charge is -2.31. The summed E-state index contributed by atoms with van der Waals surface area (Å²) in [6, 6.07) is 21.6. The normalized spacial score (nSPS) is 21.4. The topological polar surface area (TPSA) is 63.2 Å². The molecule has 1 amide bonds. The Balaban J connectivity index is 1.77. The van der Waals surface area contributed by atoms with E-state index >= 15 is 0 Å². The summed E-state index contributed by atoms with van der Waals surface area (Å²) in [5, 5.41) is 3.06. The summed E-state index contributed by atoms with van der Waals surface area (Å²) in [4.78, 5) is 39.9. The van der Waals surface area contributed by atoms with Crippen LogP contribution in [0.25, 0.3) is 5.57 Å². The Morgan fingerprint density at radius 3 is 1.75 bits per heavy atom. The summed E-state index contributed by atoms with van der Waals surface area (Å²) in [6.45, 7) is 0. The number of ketones is 2. The van der Waals surface area contributed by atoms with Crippen molar-refractivity contribution in [2.75, 3.05) is 0 Å². The number of allylic oxidation sites excluding steroid dienone is 1. The van der Waals surface area contributed by atoms with Crippen LogP contribution in [0.2, 0.25) is 0 Å². The summed E-state index contributed by atoms with van der Waals surface area (Å²) in [5.41, 5.74) is 3.16. The Morgan fingerprint density at radius 2 is 1.07 bits per heavy atom. The third kappa shape index (κ3) is 1.55. The van der Waals surface area contributed by atoms with Crippen LogP contribution in [0, 0.1) is 0 Å². The molecule has 1 unspecified atom stereocenters. The third-order valence-corrected chi connectivity index (χ3v) is 5.97. The molecule has 6 rings (SSSR count). The molecule has 0 fully saturated rings. The predicted molar refractivity (Wildman–Crippen MR) is 103 cm³/mol. The molecule has 1 heterocycles. The van der Waals surface area contributed by atoms with Crippen LogP contribution in [0.1, 0.15) is 47.8 Å². The van der Waals surface area contributed by atoms with Crippen LogP contribution in [0.3, 0.4) is 0 Å². The number of fused-ring (bicyclic) bond motifs is 7. The van der Waals surface area contributed by atoms with Gasteiger partial charge in [0.2, 0.25) is 0 Å². The minimum absolute atomic E-state index is 0.173. The Kier molecular flexibility index (Phi) is 2.69. The van der Waals surface area contributed by atoms with Crippen molar-refractivity contribution < 1.29 is 14.4 Å². The first kappa shape index (κ1) is 15.3. The Bertz CT molecular complexity index is 1300. The summed E-state index contributed by atoms with van der Waals surface area (Å²) in [6.07, 6.45) is 0. The number of carbonyl (C=O) groups is 3. The van der Waals surface area contributed by atoms with Crippen LogP contribution in [-0.2, 0) is 5.54 Å². The second kappa shape index (κ2) is 4.93. The van der Waals surface area contributed by atoms with Gasteiger partial charge in [-0.15, -0.1) is 0 Å². The monoisotopic (exact) mass is 363 g/mol. The van der Waals surface area contributed by atoms with Crippen LogP contribution >= 0.6 is 0 Å². The first-order chi connectivity index (χ1) is 13.6. The van der Waals surface area contributed by atoms with E-state index in [1.165, 1.54) is 0 Å². The van der Waals surface area contributed by atoms with Crippen molar-refractivity contribution in [1.82, 2.24) is 5.32 Å². The quantitative estimate of drug-likeness (QED) is 0.665. The number of Topliss-reactive ketones (excluding diaryl/α,β-unsaturated/α-hetero) is 2. The van der Waals surface area contributed by atoms with E-state index < -0.39 is 5.54 Å². The van der Waals surface area contributed by atoms with Crippen molar-refractivity contribution in [2.24, 2.45) is 0 Å². The van der Waals surface area contributed by atoms with Gasteiger partial charge in [-0.2, -0.15) is 0 Å². The minimum Gasteiger partial charge on any atom is -0.334 e. The molecule has 0 aromatic heterocycles. The van der Waals surface area contributed by atoms with E-state index in [1.807, 2.05) is 36.4 Å². The fourth-order valence-electron chi connectivity index (χ4n) is 4.88. The zero-order chi connectivity index (χ0) is 19.0. The molecule has 4 heteroatoms. The lowest BCUT2D eigenvalue weighted by atomic mass is 9.75. The van der Waals surface area contributed by atoms with E-state index in [4.69, 9.17) is 0 Å². The lowest BCUT2D eigenvalue weighted by molar-refractivity contribution is 0.0934. The molecule has 3 aromatic rings. The largest absolute Gasteiger partial charge is 0.334 e. The number of carbonyl (C=O) groups excluding carboxylic acids is 3. The van der Waals surface area contributed by atoms with Gasteiger partial charge in [0, 0.05) is 27.8 Å². The molecule has 132 valence electrons. The number of nitrogens with one attached hydrogen (secondary N) is 1. The van der Waals surface area contributed by atoms with Crippen LogP contribution in [0.15, 0.2) is 78.4 Å². The van der Waals surface area contributed by atoms with Gasteiger partial charge in [-0.05, 0) is 22.8 Å². The van der Waals surface area contributed by atoms with Crippen LogP contribution in [-0.4, -0.2) is 17.5 Å². The average Bonchev–Trinajstić information content (AvgIpc) is 3.20. The van der Waals surface area contributed by atoms with E-state index in [0.29, 0.717) is 33.4 Å². The SMILES string of the molecule is O=C1C2=C(C(=O)c3ccccc31)C1(NC(=O)c3ccccc31)c1ccccc12. The maximum absolute atomic E-state index is 13.6. The fourth-order valence-corrected chi connectivity index (χ4v) is 4.88. The van der Waals surface area contributed by atoms with Crippen LogP contribution < -0.4 is 5.32 Å². The van der Waals surface area contributed by atoms with Crippen molar-refractivity contribution in [3.63, 3.8) is 0 Å². The van der Waals surface area contributed by atoms with E-state index in [2.05, 4.69) is 5.32 Å². The molecule has 3 aliphatic rings. The van der Waals surface area contributed by atoms with Gasteiger partial charge in [-0.25, -0.2) is 0 Å². The maximum Gasteiger partial charge on any atom is 0.252 e. The Labute approximate surface area is 160 Å².